The number of aromatic nitrogens is 1. The van der Waals surface area contributed by atoms with Crippen LogP contribution in [0.1, 0.15) is 11.4 Å². The Labute approximate surface area is 91.2 Å². The first-order valence-corrected chi connectivity index (χ1v) is 4.95. The Morgan fingerprint density at radius 2 is 1.40 bits per heavy atom. The molecule has 1 aromatic heterocycles. The molecule has 0 aromatic carbocycles. The molecule has 0 radical (unpaired) electrons. The number of hydrogen-bond acceptors (Lipinski definition) is 4. The highest BCUT2D eigenvalue weighted by Gasteiger charge is 2.04. The van der Waals surface area contributed by atoms with E-state index in [1.807, 2.05) is 38.0 Å². The van der Waals surface area contributed by atoms with E-state index in [9.17, 15) is 5.11 Å². The van der Waals surface area contributed by atoms with Crippen LogP contribution in [0.4, 0.5) is 0 Å². The molecular weight excluding hydrogens is 190 g/mol. The molecule has 0 aliphatic carbocycles. The third-order valence-electron chi connectivity index (χ3n) is 1.87. The molecule has 0 atom stereocenters. The van der Waals surface area contributed by atoms with E-state index in [4.69, 9.17) is 0 Å². The van der Waals surface area contributed by atoms with Crippen LogP contribution in [0.25, 0.3) is 0 Å². The van der Waals surface area contributed by atoms with Gasteiger partial charge in [-0.05, 0) is 28.2 Å². The fourth-order valence-corrected chi connectivity index (χ4v) is 1.44. The van der Waals surface area contributed by atoms with E-state index >= 15 is 0 Å². The zero-order valence-electron chi connectivity index (χ0n) is 9.86. The highest BCUT2D eigenvalue weighted by Crippen LogP contribution is 2.14. The van der Waals surface area contributed by atoms with Gasteiger partial charge in [0.05, 0.1) is 11.4 Å². The number of rotatable bonds is 4. The molecule has 1 heterocycles. The summed E-state index contributed by atoms with van der Waals surface area (Å²) in [6.07, 6.45) is 0. The van der Waals surface area contributed by atoms with Crippen molar-refractivity contribution in [3.63, 3.8) is 0 Å². The average molecular weight is 209 g/mol. The Morgan fingerprint density at radius 1 is 1.00 bits per heavy atom. The molecule has 4 heteroatoms. The predicted molar refractivity (Wildman–Crippen MR) is 60.7 cm³/mol. The number of aromatic hydroxyl groups is 1. The predicted octanol–water partition coefficient (Wildman–Crippen LogP) is 0.910. The standard InChI is InChI=1S/C11H19N3O/c1-13(2)7-9-5-11(15)6-10(12-9)8-14(3)4/h5-6H,7-8H2,1-4H3,(H,12,15). The van der Waals surface area contributed by atoms with Gasteiger partial charge in [-0.2, -0.15) is 0 Å². The summed E-state index contributed by atoms with van der Waals surface area (Å²) in [5.74, 6) is 0.290. The van der Waals surface area contributed by atoms with Crippen LogP contribution in [0, 0.1) is 0 Å². The third-order valence-corrected chi connectivity index (χ3v) is 1.87. The molecule has 0 aliphatic heterocycles. The first-order chi connectivity index (χ1) is 6.97. The second kappa shape index (κ2) is 5.09. The molecule has 0 bridgehead atoms. The van der Waals surface area contributed by atoms with Crippen LogP contribution in [-0.4, -0.2) is 48.1 Å². The van der Waals surface area contributed by atoms with E-state index < -0.39 is 0 Å². The van der Waals surface area contributed by atoms with Crippen LogP contribution >= 0.6 is 0 Å². The largest absolute Gasteiger partial charge is 0.508 e. The van der Waals surface area contributed by atoms with Gasteiger partial charge in [-0.15, -0.1) is 0 Å². The smallest absolute Gasteiger partial charge is 0.119 e. The maximum absolute atomic E-state index is 9.54. The van der Waals surface area contributed by atoms with Crippen molar-refractivity contribution in [1.29, 1.82) is 0 Å². The Bertz CT molecular complexity index is 295. The summed E-state index contributed by atoms with van der Waals surface area (Å²) in [7, 11) is 7.93. The fourth-order valence-electron chi connectivity index (χ4n) is 1.44. The zero-order valence-corrected chi connectivity index (χ0v) is 9.86. The van der Waals surface area contributed by atoms with E-state index in [0.717, 1.165) is 24.5 Å². The molecule has 0 aliphatic rings. The van der Waals surface area contributed by atoms with Crippen LogP contribution in [0.2, 0.25) is 0 Å². The molecular formula is C11H19N3O. The number of pyridine rings is 1. The van der Waals surface area contributed by atoms with Crippen molar-refractivity contribution >= 4 is 0 Å². The molecule has 1 N–H and O–H groups in total. The van der Waals surface area contributed by atoms with Gasteiger partial charge in [-0.1, -0.05) is 0 Å². The Balaban J connectivity index is 2.84. The van der Waals surface area contributed by atoms with Gasteiger partial charge in [0.2, 0.25) is 0 Å². The molecule has 0 saturated heterocycles. The summed E-state index contributed by atoms with van der Waals surface area (Å²) < 4.78 is 0. The second-order valence-corrected chi connectivity index (χ2v) is 4.28. The number of hydrogen-bond donors (Lipinski definition) is 1. The fraction of sp³-hybridized carbons (Fsp3) is 0.545. The molecule has 0 unspecified atom stereocenters. The second-order valence-electron chi connectivity index (χ2n) is 4.28. The summed E-state index contributed by atoms with van der Waals surface area (Å²) >= 11 is 0. The summed E-state index contributed by atoms with van der Waals surface area (Å²) in [6, 6.07) is 3.42. The van der Waals surface area contributed by atoms with Crippen LogP contribution < -0.4 is 0 Å². The highest BCUT2D eigenvalue weighted by molar-refractivity contribution is 5.25. The monoisotopic (exact) mass is 209 g/mol. The van der Waals surface area contributed by atoms with Gasteiger partial charge in [0.1, 0.15) is 5.75 Å². The lowest BCUT2D eigenvalue weighted by molar-refractivity contribution is 0.380. The molecule has 0 amide bonds. The minimum absolute atomic E-state index is 0.290. The van der Waals surface area contributed by atoms with Crippen LogP contribution in [0.3, 0.4) is 0 Å². The topological polar surface area (TPSA) is 39.6 Å². The summed E-state index contributed by atoms with van der Waals surface area (Å²) in [5.41, 5.74) is 1.80. The molecule has 0 fully saturated rings. The van der Waals surface area contributed by atoms with E-state index in [-0.39, 0.29) is 0 Å². The minimum atomic E-state index is 0.290. The lowest BCUT2D eigenvalue weighted by Gasteiger charge is -2.13. The minimum Gasteiger partial charge on any atom is -0.508 e. The first kappa shape index (κ1) is 11.9. The average Bonchev–Trinajstić information content (AvgIpc) is 1.98. The molecule has 1 aromatic rings. The van der Waals surface area contributed by atoms with Crippen molar-refractivity contribution in [2.24, 2.45) is 0 Å². The van der Waals surface area contributed by atoms with Crippen molar-refractivity contribution in [3.05, 3.63) is 23.5 Å². The number of nitrogens with zero attached hydrogens (tertiary/aromatic N) is 3. The molecule has 4 nitrogen and oxygen atoms in total. The van der Waals surface area contributed by atoms with E-state index in [0.29, 0.717) is 5.75 Å². The maximum Gasteiger partial charge on any atom is 0.119 e. The normalized spacial score (nSPS) is 11.3. The Morgan fingerprint density at radius 3 is 1.73 bits per heavy atom. The lowest BCUT2D eigenvalue weighted by atomic mass is 10.2. The molecule has 0 saturated carbocycles. The Kier molecular flexibility index (Phi) is 4.05. The highest BCUT2D eigenvalue weighted by atomic mass is 16.3. The lowest BCUT2D eigenvalue weighted by Crippen LogP contribution is -2.15. The van der Waals surface area contributed by atoms with Gasteiger partial charge in [0, 0.05) is 25.2 Å². The Hall–Kier alpha value is -1.13. The van der Waals surface area contributed by atoms with Crippen molar-refractivity contribution < 1.29 is 5.11 Å². The van der Waals surface area contributed by atoms with Gasteiger partial charge in [-0.25, -0.2) is 0 Å². The third kappa shape index (κ3) is 4.27. The van der Waals surface area contributed by atoms with Crippen molar-refractivity contribution in [2.75, 3.05) is 28.2 Å². The van der Waals surface area contributed by atoms with E-state index in [1.165, 1.54) is 0 Å². The first-order valence-electron chi connectivity index (χ1n) is 4.95. The van der Waals surface area contributed by atoms with E-state index in [2.05, 4.69) is 4.98 Å². The summed E-state index contributed by atoms with van der Waals surface area (Å²) in [5, 5.41) is 9.54. The summed E-state index contributed by atoms with van der Waals surface area (Å²) in [4.78, 5) is 8.53. The zero-order chi connectivity index (χ0) is 11.4. The maximum atomic E-state index is 9.54. The van der Waals surface area contributed by atoms with Crippen LogP contribution in [0.5, 0.6) is 5.75 Å². The molecule has 84 valence electrons. The van der Waals surface area contributed by atoms with E-state index in [1.54, 1.807) is 12.1 Å². The molecule has 1 rings (SSSR count). The van der Waals surface area contributed by atoms with Crippen LogP contribution in [-0.2, 0) is 13.1 Å². The quantitative estimate of drug-likeness (QED) is 0.800. The summed E-state index contributed by atoms with van der Waals surface area (Å²) in [6.45, 7) is 1.49. The van der Waals surface area contributed by atoms with Gasteiger partial charge in [0.25, 0.3) is 0 Å². The van der Waals surface area contributed by atoms with Gasteiger partial charge in [-0.3, -0.25) is 4.98 Å². The van der Waals surface area contributed by atoms with Crippen molar-refractivity contribution in [3.8, 4) is 5.75 Å². The van der Waals surface area contributed by atoms with Gasteiger partial charge < -0.3 is 14.9 Å². The van der Waals surface area contributed by atoms with Crippen molar-refractivity contribution in [2.45, 2.75) is 13.1 Å². The van der Waals surface area contributed by atoms with Gasteiger partial charge in [0.15, 0.2) is 0 Å². The molecule has 0 spiro atoms. The molecule has 15 heavy (non-hydrogen) atoms. The van der Waals surface area contributed by atoms with Gasteiger partial charge >= 0.3 is 0 Å². The van der Waals surface area contributed by atoms with Crippen molar-refractivity contribution in [1.82, 2.24) is 14.8 Å². The SMILES string of the molecule is CN(C)Cc1cc(O)cc(CN(C)C)n1. The van der Waals surface area contributed by atoms with Crippen LogP contribution in [0.15, 0.2) is 12.1 Å².